The van der Waals surface area contributed by atoms with Crippen molar-refractivity contribution in [1.29, 1.82) is 0 Å². The Morgan fingerprint density at radius 2 is 2.50 bits per heavy atom. The molecule has 4 nitrogen and oxygen atoms in total. The van der Waals surface area contributed by atoms with Crippen LogP contribution in [0.3, 0.4) is 0 Å². The third kappa shape index (κ3) is 3.45. The molecule has 0 spiro atoms. The van der Waals surface area contributed by atoms with Crippen LogP contribution in [0.15, 0.2) is 10.4 Å². The number of hydrogen-bond acceptors (Lipinski definition) is 3. The van der Waals surface area contributed by atoms with Gasteiger partial charge in [-0.05, 0) is 25.7 Å². The summed E-state index contributed by atoms with van der Waals surface area (Å²) in [6, 6.07) is 0. The molecule has 1 atom stereocenters. The van der Waals surface area contributed by atoms with Gasteiger partial charge in [0.15, 0.2) is 5.96 Å². The quantitative estimate of drug-likeness (QED) is 0.659. The van der Waals surface area contributed by atoms with Crippen LogP contribution in [0.5, 0.6) is 0 Å². The van der Waals surface area contributed by atoms with Crippen LogP contribution in [0, 0.1) is 12.8 Å². The molecule has 1 aliphatic rings. The molecule has 0 amide bonds. The first-order chi connectivity index (χ1) is 8.69. The minimum Gasteiger partial charge on any atom is -0.350 e. The Morgan fingerprint density at radius 3 is 3.11 bits per heavy atom. The smallest absolute Gasteiger partial charge is 0.194 e. The molecule has 0 radical (unpaired) electrons. The van der Waals surface area contributed by atoms with Crippen LogP contribution in [0.1, 0.15) is 30.5 Å². The van der Waals surface area contributed by atoms with Gasteiger partial charge in [-0.3, -0.25) is 4.99 Å². The maximum atomic E-state index is 4.46. The molecule has 2 heterocycles. The number of rotatable bonds is 2. The largest absolute Gasteiger partial charge is 0.350 e. The summed E-state index contributed by atoms with van der Waals surface area (Å²) in [5.41, 5.74) is 1.10. The normalized spacial score (nSPS) is 21.2. The van der Waals surface area contributed by atoms with Gasteiger partial charge in [0.05, 0.1) is 6.54 Å². The van der Waals surface area contributed by atoms with E-state index < -0.39 is 0 Å². The highest BCUT2D eigenvalue weighted by atomic mass is 32.1. The van der Waals surface area contributed by atoms with E-state index in [2.05, 4.69) is 32.5 Å². The fourth-order valence-corrected chi connectivity index (χ4v) is 3.06. The second kappa shape index (κ2) is 6.18. The summed E-state index contributed by atoms with van der Waals surface area (Å²) in [5.74, 6) is 1.77. The van der Waals surface area contributed by atoms with E-state index in [0.717, 1.165) is 42.2 Å². The zero-order valence-electron chi connectivity index (χ0n) is 11.4. The van der Waals surface area contributed by atoms with Crippen LogP contribution >= 0.6 is 11.3 Å². The van der Waals surface area contributed by atoms with E-state index in [-0.39, 0.29) is 0 Å². The average molecular weight is 266 g/mol. The van der Waals surface area contributed by atoms with Gasteiger partial charge in [0.1, 0.15) is 5.01 Å². The van der Waals surface area contributed by atoms with Crippen molar-refractivity contribution in [2.45, 2.75) is 33.2 Å². The SMILES string of the molecule is CN=C(NCc1nc(C)cs1)N1CCCC(C)C1. The van der Waals surface area contributed by atoms with Crippen LogP contribution in [0.4, 0.5) is 0 Å². The number of aromatic nitrogens is 1. The molecule has 0 bridgehead atoms. The number of hydrogen-bond donors (Lipinski definition) is 1. The van der Waals surface area contributed by atoms with Crippen LogP contribution in [0.2, 0.25) is 0 Å². The lowest BCUT2D eigenvalue weighted by atomic mass is 10.0. The van der Waals surface area contributed by atoms with Gasteiger partial charge in [0.2, 0.25) is 0 Å². The van der Waals surface area contributed by atoms with Gasteiger partial charge in [0.25, 0.3) is 0 Å². The fraction of sp³-hybridized carbons (Fsp3) is 0.692. The van der Waals surface area contributed by atoms with Gasteiger partial charge in [-0.25, -0.2) is 4.98 Å². The summed E-state index contributed by atoms with van der Waals surface area (Å²) in [4.78, 5) is 11.2. The molecule has 5 heteroatoms. The molecule has 1 saturated heterocycles. The topological polar surface area (TPSA) is 40.5 Å². The van der Waals surface area contributed by atoms with Crippen molar-refractivity contribution in [1.82, 2.24) is 15.2 Å². The predicted octanol–water partition coefficient (Wildman–Crippen LogP) is 2.26. The lowest BCUT2D eigenvalue weighted by Crippen LogP contribution is -2.45. The number of aliphatic imine (C=N–C) groups is 1. The zero-order valence-corrected chi connectivity index (χ0v) is 12.3. The van der Waals surface area contributed by atoms with Gasteiger partial charge in [-0.1, -0.05) is 6.92 Å². The number of piperidine rings is 1. The first-order valence-corrected chi connectivity index (χ1v) is 7.43. The molecule has 1 aliphatic heterocycles. The molecule has 0 aliphatic carbocycles. The molecule has 1 aromatic heterocycles. The standard InChI is InChI=1S/C13H22N4S/c1-10-5-4-6-17(8-10)13(14-3)15-7-12-16-11(2)9-18-12/h9-10H,4-8H2,1-3H3,(H,14,15). The van der Waals surface area contributed by atoms with Crippen LogP contribution in [-0.2, 0) is 6.54 Å². The van der Waals surface area contributed by atoms with E-state index in [1.807, 2.05) is 14.0 Å². The Kier molecular flexibility index (Phi) is 4.58. The molecule has 0 saturated carbocycles. The number of nitrogens with one attached hydrogen (secondary N) is 1. The number of guanidine groups is 1. The van der Waals surface area contributed by atoms with E-state index in [9.17, 15) is 0 Å². The summed E-state index contributed by atoms with van der Waals surface area (Å²) < 4.78 is 0. The summed E-state index contributed by atoms with van der Waals surface area (Å²) in [6.07, 6.45) is 2.59. The predicted molar refractivity (Wildman–Crippen MR) is 77.0 cm³/mol. The van der Waals surface area contributed by atoms with Gasteiger partial charge in [-0.2, -0.15) is 0 Å². The molecule has 1 unspecified atom stereocenters. The molecule has 1 N–H and O–H groups in total. The highest BCUT2D eigenvalue weighted by molar-refractivity contribution is 7.09. The fourth-order valence-electron chi connectivity index (χ4n) is 2.35. The van der Waals surface area contributed by atoms with Crippen LogP contribution in [-0.4, -0.2) is 36.0 Å². The van der Waals surface area contributed by atoms with Crippen molar-refractivity contribution in [2.75, 3.05) is 20.1 Å². The average Bonchev–Trinajstić information content (AvgIpc) is 2.76. The maximum absolute atomic E-state index is 4.46. The Labute approximate surface area is 113 Å². The second-order valence-corrected chi connectivity index (χ2v) is 5.92. The van der Waals surface area contributed by atoms with Crippen molar-refractivity contribution in [3.63, 3.8) is 0 Å². The van der Waals surface area contributed by atoms with Crippen molar-refractivity contribution in [3.8, 4) is 0 Å². The summed E-state index contributed by atoms with van der Waals surface area (Å²) in [6.45, 7) is 7.33. The van der Waals surface area contributed by atoms with Gasteiger partial charge in [-0.15, -0.1) is 11.3 Å². The van der Waals surface area contributed by atoms with E-state index in [1.54, 1.807) is 11.3 Å². The van der Waals surface area contributed by atoms with Crippen molar-refractivity contribution in [3.05, 3.63) is 16.1 Å². The summed E-state index contributed by atoms with van der Waals surface area (Å²) in [7, 11) is 1.86. The summed E-state index contributed by atoms with van der Waals surface area (Å²) >= 11 is 1.70. The number of thiazole rings is 1. The van der Waals surface area contributed by atoms with E-state index in [4.69, 9.17) is 0 Å². The molecular formula is C13H22N4S. The monoisotopic (exact) mass is 266 g/mol. The van der Waals surface area contributed by atoms with Crippen molar-refractivity contribution in [2.24, 2.45) is 10.9 Å². The van der Waals surface area contributed by atoms with Crippen molar-refractivity contribution >= 4 is 17.3 Å². The Balaban J connectivity index is 1.89. The highest BCUT2D eigenvalue weighted by Gasteiger charge is 2.19. The molecule has 100 valence electrons. The van der Waals surface area contributed by atoms with Crippen molar-refractivity contribution < 1.29 is 0 Å². The van der Waals surface area contributed by atoms with E-state index >= 15 is 0 Å². The Morgan fingerprint density at radius 1 is 1.67 bits per heavy atom. The lowest BCUT2D eigenvalue weighted by Gasteiger charge is -2.33. The number of likely N-dealkylation sites (tertiary alicyclic amines) is 1. The lowest BCUT2D eigenvalue weighted by molar-refractivity contribution is 0.266. The van der Waals surface area contributed by atoms with Gasteiger partial charge in [0, 0.05) is 31.2 Å². The molecule has 1 fully saturated rings. The first-order valence-electron chi connectivity index (χ1n) is 6.55. The van der Waals surface area contributed by atoms with Gasteiger partial charge >= 0.3 is 0 Å². The second-order valence-electron chi connectivity index (χ2n) is 4.98. The minimum absolute atomic E-state index is 0.763. The molecular weight excluding hydrogens is 244 g/mol. The third-order valence-electron chi connectivity index (χ3n) is 3.23. The molecule has 2 rings (SSSR count). The maximum Gasteiger partial charge on any atom is 0.194 e. The summed E-state index contributed by atoms with van der Waals surface area (Å²) in [5, 5.41) is 6.62. The molecule has 1 aromatic rings. The zero-order chi connectivity index (χ0) is 13.0. The van der Waals surface area contributed by atoms with E-state index in [0.29, 0.717) is 0 Å². The van der Waals surface area contributed by atoms with E-state index in [1.165, 1.54) is 12.8 Å². The van der Waals surface area contributed by atoms with Crippen LogP contribution in [0.25, 0.3) is 0 Å². The minimum atomic E-state index is 0.763. The Bertz CT molecular complexity index is 413. The highest BCUT2D eigenvalue weighted by Crippen LogP contribution is 2.15. The van der Waals surface area contributed by atoms with Crippen LogP contribution < -0.4 is 5.32 Å². The number of aryl methyl sites for hydroxylation is 1. The molecule has 0 aromatic carbocycles. The Hall–Kier alpha value is -1.10. The number of nitrogens with zero attached hydrogens (tertiary/aromatic N) is 3. The third-order valence-corrected chi connectivity index (χ3v) is 4.20. The first kappa shape index (κ1) is 13.3. The molecule has 18 heavy (non-hydrogen) atoms. The van der Waals surface area contributed by atoms with Gasteiger partial charge < -0.3 is 10.2 Å².